The van der Waals surface area contributed by atoms with E-state index < -0.39 is 0 Å². The van der Waals surface area contributed by atoms with Crippen molar-refractivity contribution in [3.05, 3.63) is 58.3 Å². The van der Waals surface area contributed by atoms with Crippen molar-refractivity contribution in [2.24, 2.45) is 0 Å². The number of amides is 2. The summed E-state index contributed by atoms with van der Waals surface area (Å²) < 4.78 is 0. The molecule has 0 bridgehead atoms. The third-order valence-corrected chi connectivity index (χ3v) is 5.24. The van der Waals surface area contributed by atoms with Crippen molar-refractivity contribution in [3.63, 3.8) is 0 Å². The second kappa shape index (κ2) is 7.62. The number of nitrogens with one attached hydrogen (secondary N) is 2. The van der Waals surface area contributed by atoms with Gasteiger partial charge in [-0.25, -0.2) is 0 Å². The Labute approximate surface area is 146 Å². The summed E-state index contributed by atoms with van der Waals surface area (Å²) in [5.74, 6) is -0.0141. The first-order valence-electron chi connectivity index (χ1n) is 8.37. The van der Waals surface area contributed by atoms with E-state index >= 15 is 0 Å². The smallest absolute Gasteiger partial charge is 0.252 e. The molecule has 3 rings (SSSR count). The maximum absolute atomic E-state index is 12.3. The highest BCUT2D eigenvalue weighted by Gasteiger charge is 2.39. The SMILES string of the molecule is O=C(CCCNC(=O)c1ccsc1)NC1(c2ccccc2)CCC1. The number of carbonyl (C=O) groups is 2. The fourth-order valence-corrected chi connectivity index (χ4v) is 3.69. The molecule has 0 unspecified atom stereocenters. The Balaban J connectivity index is 1.43. The first-order valence-corrected chi connectivity index (χ1v) is 9.31. The minimum atomic E-state index is -0.182. The van der Waals surface area contributed by atoms with Gasteiger partial charge in [0, 0.05) is 23.9 Å². The highest BCUT2D eigenvalue weighted by Crippen LogP contribution is 2.41. The molecular formula is C19H22N2O2S. The molecule has 2 aromatic rings. The molecule has 2 N–H and O–H groups in total. The zero-order valence-corrected chi connectivity index (χ0v) is 14.4. The van der Waals surface area contributed by atoms with Crippen molar-refractivity contribution in [3.8, 4) is 0 Å². The van der Waals surface area contributed by atoms with Crippen molar-refractivity contribution >= 4 is 23.2 Å². The largest absolute Gasteiger partial charge is 0.352 e. The summed E-state index contributed by atoms with van der Waals surface area (Å²) in [6.07, 6.45) is 4.21. The summed E-state index contributed by atoms with van der Waals surface area (Å²) in [6, 6.07) is 12.0. The van der Waals surface area contributed by atoms with Crippen LogP contribution >= 0.6 is 11.3 Å². The van der Waals surface area contributed by atoms with Crippen LogP contribution in [0, 0.1) is 0 Å². The van der Waals surface area contributed by atoms with Crippen LogP contribution in [0.1, 0.15) is 48.0 Å². The Bertz CT molecular complexity index is 679. The number of hydrogen-bond acceptors (Lipinski definition) is 3. The highest BCUT2D eigenvalue weighted by molar-refractivity contribution is 7.08. The van der Waals surface area contributed by atoms with E-state index in [2.05, 4.69) is 22.8 Å². The van der Waals surface area contributed by atoms with Gasteiger partial charge in [0.2, 0.25) is 5.91 Å². The zero-order valence-electron chi connectivity index (χ0n) is 13.6. The van der Waals surface area contributed by atoms with Crippen LogP contribution in [0.15, 0.2) is 47.2 Å². The van der Waals surface area contributed by atoms with E-state index in [0.29, 0.717) is 24.9 Å². The molecule has 1 aliphatic rings. The summed E-state index contributed by atoms with van der Waals surface area (Å²) >= 11 is 1.50. The molecule has 126 valence electrons. The van der Waals surface area contributed by atoms with Gasteiger partial charge in [-0.15, -0.1) is 0 Å². The Hall–Kier alpha value is -2.14. The third kappa shape index (κ3) is 3.85. The highest BCUT2D eigenvalue weighted by atomic mass is 32.1. The summed E-state index contributed by atoms with van der Waals surface area (Å²) in [5.41, 5.74) is 1.69. The van der Waals surface area contributed by atoms with Crippen molar-refractivity contribution in [1.29, 1.82) is 0 Å². The van der Waals surface area contributed by atoms with Gasteiger partial charge in [0.05, 0.1) is 5.54 Å². The van der Waals surface area contributed by atoms with E-state index in [-0.39, 0.29) is 17.4 Å². The second-order valence-electron chi connectivity index (χ2n) is 6.22. The molecule has 1 heterocycles. The fourth-order valence-electron chi connectivity index (χ4n) is 3.05. The topological polar surface area (TPSA) is 58.2 Å². The molecule has 0 aliphatic heterocycles. The van der Waals surface area contributed by atoms with Crippen LogP contribution < -0.4 is 10.6 Å². The molecule has 24 heavy (non-hydrogen) atoms. The zero-order chi connectivity index (χ0) is 16.8. The van der Waals surface area contributed by atoms with Crippen molar-refractivity contribution in [2.45, 2.75) is 37.6 Å². The quantitative estimate of drug-likeness (QED) is 0.757. The lowest BCUT2D eigenvalue weighted by molar-refractivity contribution is -0.124. The summed E-state index contributed by atoms with van der Waals surface area (Å²) in [7, 11) is 0. The number of carbonyl (C=O) groups excluding carboxylic acids is 2. The monoisotopic (exact) mass is 342 g/mol. The first-order chi connectivity index (χ1) is 11.7. The van der Waals surface area contributed by atoms with Crippen LogP contribution in [-0.4, -0.2) is 18.4 Å². The number of benzene rings is 1. The van der Waals surface area contributed by atoms with E-state index in [4.69, 9.17) is 0 Å². The third-order valence-electron chi connectivity index (χ3n) is 4.56. The first kappa shape index (κ1) is 16.7. The molecule has 0 spiro atoms. The van der Waals surface area contributed by atoms with E-state index in [1.54, 1.807) is 6.07 Å². The second-order valence-corrected chi connectivity index (χ2v) is 7.00. The lowest BCUT2D eigenvalue weighted by Crippen LogP contribution is -2.50. The maximum Gasteiger partial charge on any atom is 0.252 e. The maximum atomic E-state index is 12.3. The van der Waals surface area contributed by atoms with Crippen molar-refractivity contribution in [2.75, 3.05) is 6.54 Å². The Kier molecular flexibility index (Phi) is 5.30. The molecule has 0 radical (unpaired) electrons. The van der Waals surface area contributed by atoms with Gasteiger partial charge in [0.1, 0.15) is 0 Å². The Morgan fingerprint density at radius 1 is 1.12 bits per heavy atom. The van der Waals surface area contributed by atoms with E-state index in [9.17, 15) is 9.59 Å². The summed E-state index contributed by atoms with van der Waals surface area (Å²) in [5, 5.41) is 9.76. The fraction of sp³-hybridized carbons (Fsp3) is 0.368. The van der Waals surface area contributed by atoms with E-state index in [1.807, 2.05) is 29.0 Å². The lowest BCUT2D eigenvalue weighted by atomic mass is 9.71. The van der Waals surface area contributed by atoms with Gasteiger partial charge < -0.3 is 10.6 Å². The van der Waals surface area contributed by atoms with Gasteiger partial charge in [-0.2, -0.15) is 11.3 Å². The Morgan fingerprint density at radius 2 is 1.92 bits per heavy atom. The van der Waals surface area contributed by atoms with Gasteiger partial charge in [0.15, 0.2) is 0 Å². The predicted molar refractivity (Wildman–Crippen MR) is 96.0 cm³/mol. The predicted octanol–water partition coefficient (Wildman–Crippen LogP) is 3.45. The lowest BCUT2D eigenvalue weighted by Gasteiger charge is -2.43. The van der Waals surface area contributed by atoms with E-state index in [0.717, 1.165) is 19.3 Å². The normalized spacial score (nSPS) is 15.3. The number of thiophene rings is 1. The van der Waals surface area contributed by atoms with Gasteiger partial charge >= 0.3 is 0 Å². The van der Waals surface area contributed by atoms with Gasteiger partial charge in [0.25, 0.3) is 5.91 Å². The minimum absolute atomic E-state index is 0.0586. The molecule has 1 fully saturated rings. The molecule has 1 aromatic carbocycles. The van der Waals surface area contributed by atoms with Gasteiger partial charge in [-0.3, -0.25) is 9.59 Å². The minimum Gasteiger partial charge on any atom is -0.352 e. The molecule has 1 aromatic heterocycles. The van der Waals surface area contributed by atoms with Gasteiger partial charge in [-0.05, 0) is 42.7 Å². The number of rotatable bonds is 7. The molecule has 0 atom stereocenters. The summed E-state index contributed by atoms with van der Waals surface area (Å²) in [4.78, 5) is 24.1. The van der Waals surface area contributed by atoms with Crippen molar-refractivity contribution in [1.82, 2.24) is 10.6 Å². The molecule has 4 nitrogen and oxygen atoms in total. The van der Waals surface area contributed by atoms with Crippen LogP contribution in [0.2, 0.25) is 0 Å². The van der Waals surface area contributed by atoms with Gasteiger partial charge in [-0.1, -0.05) is 30.3 Å². The molecule has 1 saturated carbocycles. The van der Waals surface area contributed by atoms with Crippen LogP contribution in [0.3, 0.4) is 0 Å². The van der Waals surface area contributed by atoms with Crippen molar-refractivity contribution < 1.29 is 9.59 Å². The molecule has 1 aliphatic carbocycles. The standard InChI is InChI=1S/C19H22N2O2S/c22-17(8-4-12-20-18(23)15-9-13-24-14-15)21-19(10-5-11-19)16-6-2-1-3-7-16/h1-3,6-7,9,13-14H,4-5,8,10-12H2,(H,20,23)(H,21,22). The van der Waals surface area contributed by atoms with Crippen LogP contribution in [0.5, 0.6) is 0 Å². The van der Waals surface area contributed by atoms with Crippen LogP contribution in [-0.2, 0) is 10.3 Å². The average Bonchev–Trinajstić information content (AvgIpc) is 3.10. The average molecular weight is 342 g/mol. The summed E-state index contributed by atoms with van der Waals surface area (Å²) in [6.45, 7) is 0.514. The van der Waals surface area contributed by atoms with Crippen LogP contribution in [0.25, 0.3) is 0 Å². The number of hydrogen-bond donors (Lipinski definition) is 2. The Morgan fingerprint density at radius 3 is 2.54 bits per heavy atom. The molecule has 2 amide bonds. The van der Waals surface area contributed by atoms with Crippen LogP contribution in [0.4, 0.5) is 0 Å². The molecule has 0 saturated heterocycles. The van der Waals surface area contributed by atoms with E-state index in [1.165, 1.54) is 16.9 Å². The molecule has 5 heteroatoms. The molecular weight excluding hydrogens is 320 g/mol.